The normalized spacial score (nSPS) is 31.1. The average molecular weight is 693 g/mol. The minimum atomic E-state index is -2.90. The maximum absolute atomic E-state index is 13.5. The molecule has 0 bridgehead atoms. The predicted molar refractivity (Wildman–Crippen MR) is 195 cm³/mol. The van der Waals surface area contributed by atoms with Gasteiger partial charge in [0, 0.05) is 32.0 Å². The molecule has 2 aromatic carbocycles. The second kappa shape index (κ2) is 13.9. The lowest BCUT2D eigenvalue weighted by Gasteiger charge is -2.55. The van der Waals surface area contributed by atoms with Crippen molar-refractivity contribution in [2.24, 2.45) is 39.9 Å². The van der Waals surface area contributed by atoms with Crippen LogP contribution < -0.4 is 10.4 Å². The van der Waals surface area contributed by atoms with Gasteiger partial charge >= 0.3 is 11.9 Å². The summed E-state index contributed by atoms with van der Waals surface area (Å²) in [6.07, 6.45) is 1.66. The first-order chi connectivity index (χ1) is 22.9. The van der Waals surface area contributed by atoms with Crippen LogP contribution in [0.1, 0.15) is 88.5 Å². The lowest BCUT2D eigenvalue weighted by molar-refractivity contribution is -0.180. The van der Waals surface area contributed by atoms with Crippen LogP contribution in [0.25, 0.3) is 0 Å². The van der Waals surface area contributed by atoms with Crippen molar-refractivity contribution in [1.29, 1.82) is 0 Å². The van der Waals surface area contributed by atoms with Crippen LogP contribution in [-0.4, -0.2) is 59.1 Å². The molecule has 7 nitrogen and oxygen atoms in total. The van der Waals surface area contributed by atoms with E-state index in [-0.39, 0.29) is 71.2 Å². The lowest BCUT2D eigenvalue weighted by atomic mass is 9.52. The minimum absolute atomic E-state index is 0.00341. The van der Waals surface area contributed by atoms with E-state index in [2.05, 4.69) is 102 Å². The van der Waals surface area contributed by atoms with Gasteiger partial charge in [0.15, 0.2) is 0 Å². The second-order valence-electron chi connectivity index (χ2n) is 17.6. The van der Waals surface area contributed by atoms with Crippen LogP contribution in [-0.2, 0) is 33.0 Å². The molecule has 0 unspecified atom stereocenters. The molecule has 0 aliphatic heterocycles. The Hall–Kier alpha value is -2.52. The van der Waals surface area contributed by atoms with Crippen molar-refractivity contribution in [2.45, 2.75) is 112 Å². The summed E-state index contributed by atoms with van der Waals surface area (Å²) in [5.41, 5.74) is -1.29. The van der Waals surface area contributed by atoms with Gasteiger partial charge in [-0.2, -0.15) is 0 Å². The van der Waals surface area contributed by atoms with Crippen molar-refractivity contribution in [3.8, 4) is 0 Å². The second-order valence-corrected chi connectivity index (χ2v) is 21.9. The molecule has 8 atom stereocenters. The molecule has 0 saturated heterocycles. The molecule has 0 amide bonds. The van der Waals surface area contributed by atoms with E-state index in [1.165, 1.54) is 17.3 Å². The Balaban J connectivity index is 1.68. The topological polar surface area (TPSA) is 80.3 Å². The Kier molecular flexibility index (Phi) is 10.7. The van der Waals surface area contributed by atoms with Crippen LogP contribution in [0.3, 0.4) is 0 Å². The molecule has 5 rings (SSSR count). The van der Waals surface area contributed by atoms with E-state index in [4.69, 9.17) is 23.4 Å². The Labute approximate surface area is 295 Å². The minimum Gasteiger partial charge on any atom is -0.462 e. The van der Waals surface area contributed by atoms with Gasteiger partial charge in [0.05, 0.1) is 11.5 Å². The third-order valence-electron chi connectivity index (χ3n) is 12.3. The highest BCUT2D eigenvalue weighted by molar-refractivity contribution is 6.99. The van der Waals surface area contributed by atoms with E-state index in [1.807, 2.05) is 20.8 Å². The molecule has 0 N–H and O–H groups in total. The summed E-state index contributed by atoms with van der Waals surface area (Å²) in [5, 5.41) is 2.27. The van der Waals surface area contributed by atoms with Gasteiger partial charge in [-0.1, -0.05) is 102 Å². The maximum Gasteiger partial charge on any atom is 0.311 e. The molecule has 270 valence electrons. The van der Waals surface area contributed by atoms with Crippen molar-refractivity contribution < 1.29 is 33.0 Å². The molecule has 3 aliphatic carbocycles. The quantitative estimate of drug-likeness (QED) is 0.149. The Bertz CT molecular complexity index is 1410. The summed E-state index contributed by atoms with van der Waals surface area (Å²) >= 11 is 0. The molecule has 3 aliphatic rings. The highest BCUT2D eigenvalue weighted by atomic mass is 28.4. The standard InChI is InChI=1S/C41H60O7Si/c1-27-31(25-46-49(39(6,7)8,29-18-14-12-15-19-29)30-20-16-13-17-21-30)41-23-22-32(45-26-44-11)35(41)36(47-28(2)42)40(9,10)34(41)24-33(27)48-37(43)38(3,4)5/h12-21,27,31-36H,22-26H2,1-11H3/t27-,31-,32+,33-,34-,35-,36-,41-/m0/s1. The van der Waals surface area contributed by atoms with Gasteiger partial charge < -0.3 is 23.4 Å². The SMILES string of the molecule is COCO[C@@H]1CC[C@@]23[C@@H]1[C@H](OC(C)=O)C(C)(C)[C@@H]2C[C@H](OC(=O)C(C)(C)C)[C@@H](C)[C@@H]3CO[Si](c1ccccc1)(c1ccccc1)C(C)(C)C. The van der Waals surface area contributed by atoms with Crippen LogP contribution in [0.5, 0.6) is 0 Å². The van der Waals surface area contributed by atoms with Crippen LogP contribution in [0.4, 0.5) is 0 Å². The molecular formula is C41H60O7Si. The molecule has 0 radical (unpaired) electrons. The van der Waals surface area contributed by atoms with Gasteiger partial charge in [0.2, 0.25) is 0 Å². The molecule has 2 aromatic rings. The van der Waals surface area contributed by atoms with E-state index in [0.717, 1.165) is 12.8 Å². The zero-order valence-corrected chi connectivity index (χ0v) is 32.7. The van der Waals surface area contributed by atoms with Gasteiger partial charge in [-0.15, -0.1) is 0 Å². The van der Waals surface area contributed by atoms with Crippen LogP contribution >= 0.6 is 0 Å². The van der Waals surface area contributed by atoms with Crippen molar-refractivity contribution in [2.75, 3.05) is 20.5 Å². The zero-order chi connectivity index (χ0) is 36.0. The van der Waals surface area contributed by atoms with Crippen molar-refractivity contribution in [1.82, 2.24) is 0 Å². The number of hydrogen-bond donors (Lipinski definition) is 0. The number of benzene rings is 2. The zero-order valence-electron chi connectivity index (χ0n) is 31.7. The van der Waals surface area contributed by atoms with Gasteiger partial charge in [-0.3, -0.25) is 9.59 Å². The van der Waals surface area contributed by atoms with Crippen LogP contribution in [0.2, 0.25) is 5.04 Å². The van der Waals surface area contributed by atoms with Crippen LogP contribution in [0, 0.1) is 39.9 Å². The molecule has 0 heterocycles. The first kappa shape index (κ1) is 37.7. The summed E-state index contributed by atoms with van der Waals surface area (Å²) in [7, 11) is -1.25. The maximum atomic E-state index is 13.5. The first-order valence-corrected chi connectivity index (χ1v) is 20.1. The third-order valence-corrected chi connectivity index (χ3v) is 17.3. The summed E-state index contributed by atoms with van der Waals surface area (Å²) in [6.45, 7) is 21.5. The van der Waals surface area contributed by atoms with Gasteiger partial charge in [0.1, 0.15) is 19.0 Å². The molecule has 1 spiro atoms. The molecule has 3 saturated carbocycles. The fourth-order valence-corrected chi connectivity index (χ4v) is 14.8. The van der Waals surface area contributed by atoms with Gasteiger partial charge in [-0.25, -0.2) is 0 Å². The Morgan fingerprint density at radius 1 is 0.878 bits per heavy atom. The smallest absolute Gasteiger partial charge is 0.311 e. The fourth-order valence-electron chi connectivity index (χ4n) is 10.2. The number of hydrogen-bond acceptors (Lipinski definition) is 7. The van der Waals surface area contributed by atoms with E-state index < -0.39 is 19.1 Å². The lowest BCUT2D eigenvalue weighted by Crippen LogP contribution is -2.67. The molecule has 8 heteroatoms. The van der Waals surface area contributed by atoms with E-state index in [0.29, 0.717) is 13.0 Å². The Morgan fingerprint density at radius 2 is 1.45 bits per heavy atom. The van der Waals surface area contributed by atoms with E-state index >= 15 is 0 Å². The number of carbonyl (C=O) groups excluding carboxylic acids is 2. The number of ether oxygens (including phenoxy) is 4. The monoisotopic (exact) mass is 692 g/mol. The van der Waals surface area contributed by atoms with Gasteiger partial charge in [-0.05, 0) is 78.6 Å². The largest absolute Gasteiger partial charge is 0.462 e. The van der Waals surface area contributed by atoms with Crippen molar-refractivity contribution in [3.05, 3.63) is 60.7 Å². The van der Waals surface area contributed by atoms with Crippen LogP contribution in [0.15, 0.2) is 60.7 Å². The first-order valence-electron chi connectivity index (χ1n) is 18.2. The predicted octanol–water partition coefficient (Wildman–Crippen LogP) is 7.15. The number of methoxy groups -OCH3 is 1. The molecule has 3 fully saturated rings. The fraction of sp³-hybridized carbons (Fsp3) is 0.659. The summed E-state index contributed by atoms with van der Waals surface area (Å²) in [4.78, 5) is 26.3. The molecule has 0 aromatic heterocycles. The van der Waals surface area contributed by atoms with Crippen molar-refractivity contribution in [3.63, 3.8) is 0 Å². The number of carbonyl (C=O) groups is 2. The Morgan fingerprint density at radius 3 is 1.94 bits per heavy atom. The summed E-state index contributed by atoms with van der Waals surface area (Å²) in [6, 6.07) is 21.5. The number of esters is 2. The third kappa shape index (κ3) is 6.56. The highest BCUT2D eigenvalue weighted by Crippen LogP contribution is 2.73. The molecule has 49 heavy (non-hydrogen) atoms. The summed E-state index contributed by atoms with van der Waals surface area (Å²) < 4.78 is 32.4. The van der Waals surface area contributed by atoms with E-state index in [1.54, 1.807) is 7.11 Å². The van der Waals surface area contributed by atoms with Crippen molar-refractivity contribution >= 4 is 30.6 Å². The summed E-state index contributed by atoms with van der Waals surface area (Å²) in [5.74, 6) is -0.423. The van der Waals surface area contributed by atoms with E-state index in [9.17, 15) is 9.59 Å². The number of rotatable bonds is 10. The molecular weight excluding hydrogens is 633 g/mol. The average Bonchev–Trinajstić information content (AvgIpc) is 3.47. The highest BCUT2D eigenvalue weighted by Gasteiger charge is 2.74. The van der Waals surface area contributed by atoms with Gasteiger partial charge in [0.25, 0.3) is 8.32 Å².